The number of hydrogen-bond donors (Lipinski definition) is 0. The van der Waals surface area contributed by atoms with E-state index in [1.165, 1.54) is 13.0 Å². The van der Waals surface area contributed by atoms with Crippen LogP contribution >= 0.6 is 23.2 Å². The van der Waals surface area contributed by atoms with Gasteiger partial charge in [-0.15, -0.1) is 0 Å². The minimum absolute atomic E-state index is 0.649. The Morgan fingerprint density at radius 2 is 1.94 bits per heavy atom. The first kappa shape index (κ1) is 13.2. The van der Waals surface area contributed by atoms with Crippen molar-refractivity contribution in [3.8, 4) is 0 Å². The van der Waals surface area contributed by atoms with Crippen molar-refractivity contribution in [1.82, 2.24) is 9.80 Å². The first-order valence-corrected chi connectivity index (χ1v) is 6.76. The van der Waals surface area contributed by atoms with Crippen molar-refractivity contribution in [2.24, 2.45) is 0 Å². The highest BCUT2D eigenvalue weighted by Crippen LogP contribution is 2.26. The molecule has 0 aliphatic carbocycles. The first-order chi connectivity index (χ1) is 8.16. The van der Waals surface area contributed by atoms with Gasteiger partial charge in [-0.05, 0) is 38.2 Å². The summed E-state index contributed by atoms with van der Waals surface area (Å²) in [6, 6.07) is 5.86. The number of likely N-dealkylation sites (N-methyl/N-ethyl adjacent to an activating group) is 1. The molecule has 0 saturated carbocycles. The van der Waals surface area contributed by atoms with Crippen LogP contribution in [0.2, 0.25) is 10.0 Å². The third kappa shape index (κ3) is 3.59. The van der Waals surface area contributed by atoms with Gasteiger partial charge >= 0.3 is 0 Å². The smallest absolute Gasteiger partial charge is 0.0637 e. The van der Waals surface area contributed by atoms with Crippen molar-refractivity contribution in [3.05, 3.63) is 33.8 Å². The lowest BCUT2D eigenvalue weighted by Gasteiger charge is -2.20. The highest BCUT2D eigenvalue weighted by atomic mass is 35.5. The van der Waals surface area contributed by atoms with Crippen LogP contribution < -0.4 is 0 Å². The zero-order chi connectivity index (χ0) is 12.3. The highest BCUT2D eigenvalue weighted by molar-refractivity contribution is 6.42. The van der Waals surface area contributed by atoms with Gasteiger partial charge in [-0.3, -0.25) is 4.90 Å². The van der Waals surface area contributed by atoms with Crippen LogP contribution in [0, 0.1) is 0 Å². The third-order valence-electron chi connectivity index (χ3n) is 3.24. The molecule has 17 heavy (non-hydrogen) atoms. The minimum Gasteiger partial charge on any atom is -0.305 e. The molecule has 1 heterocycles. The Hall–Kier alpha value is -0.280. The number of nitrogens with zero attached hydrogens (tertiary/aromatic N) is 2. The molecule has 0 amide bonds. The van der Waals surface area contributed by atoms with Crippen LogP contribution in [0.5, 0.6) is 0 Å². The summed E-state index contributed by atoms with van der Waals surface area (Å²) in [4.78, 5) is 4.82. The normalized spacial score (nSPS) is 19.2. The van der Waals surface area contributed by atoms with Gasteiger partial charge in [-0.25, -0.2) is 0 Å². The van der Waals surface area contributed by atoms with Crippen molar-refractivity contribution in [1.29, 1.82) is 0 Å². The summed E-state index contributed by atoms with van der Waals surface area (Å²) in [7, 11) is 2.18. The Morgan fingerprint density at radius 3 is 2.76 bits per heavy atom. The SMILES string of the molecule is CN1CCCN(Cc2cccc(Cl)c2Cl)CC1. The van der Waals surface area contributed by atoms with E-state index < -0.39 is 0 Å². The van der Waals surface area contributed by atoms with E-state index in [0.29, 0.717) is 10.0 Å². The first-order valence-electron chi connectivity index (χ1n) is 6.00. The lowest BCUT2D eigenvalue weighted by molar-refractivity contribution is 0.269. The van der Waals surface area contributed by atoms with E-state index in [1.807, 2.05) is 12.1 Å². The third-order valence-corrected chi connectivity index (χ3v) is 4.10. The van der Waals surface area contributed by atoms with Gasteiger partial charge in [-0.1, -0.05) is 35.3 Å². The fourth-order valence-corrected chi connectivity index (χ4v) is 2.55. The molecule has 1 aromatic rings. The summed E-state index contributed by atoms with van der Waals surface area (Å²) >= 11 is 12.2. The number of hydrogen-bond acceptors (Lipinski definition) is 2. The predicted octanol–water partition coefficient (Wildman–Crippen LogP) is 3.13. The zero-order valence-corrected chi connectivity index (χ0v) is 11.6. The minimum atomic E-state index is 0.649. The number of rotatable bonds is 2. The van der Waals surface area contributed by atoms with Crippen molar-refractivity contribution >= 4 is 23.2 Å². The van der Waals surface area contributed by atoms with Crippen LogP contribution in [0.15, 0.2) is 18.2 Å². The van der Waals surface area contributed by atoms with Gasteiger partial charge < -0.3 is 4.90 Å². The molecule has 0 radical (unpaired) electrons. The Labute approximate surface area is 113 Å². The fraction of sp³-hybridized carbons (Fsp3) is 0.538. The summed E-state index contributed by atoms with van der Waals surface area (Å²) in [5.41, 5.74) is 1.13. The van der Waals surface area contributed by atoms with Crippen LogP contribution in [0.4, 0.5) is 0 Å². The van der Waals surface area contributed by atoms with E-state index in [-0.39, 0.29) is 0 Å². The lowest BCUT2D eigenvalue weighted by Crippen LogP contribution is -2.28. The molecule has 1 aliphatic heterocycles. The molecule has 1 aromatic carbocycles. The molecule has 0 spiro atoms. The van der Waals surface area contributed by atoms with E-state index in [9.17, 15) is 0 Å². The average molecular weight is 273 g/mol. The fourth-order valence-electron chi connectivity index (χ4n) is 2.17. The quantitative estimate of drug-likeness (QED) is 0.816. The Balaban J connectivity index is 2.02. The monoisotopic (exact) mass is 272 g/mol. The topological polar surface area (TPSA) is 6.48 Å². The number of halogens is 2. The van der Waals surface area contributed by atoms with E-state index in [4.69, 9.17) is 23.2 Å². The molecule has 1 saturated heterocycles. The Morgan fingerprint density at radius 1 is 1.12 bits per heavy atom. The summed E-state index contributed by atoms with van der Waals surface area (Å²) in [6.07, 6.45) is 1.22. The molecule has 0 atom stereocenters. The predicted molar refractivity (Wildman–Crippen MR) is 73.9 cm³/mol. The molecule has 1 fully saturated rings. The molecular weight excluding hydrogens is 255 g/mol. The van der Waals surface area contributed by atoms with Gasteiger partial charge in [0, 0.05) is 19.6 Å². The second kappa shape index (κ2) is 6.05. The average Bonchev–Trinajstić information content (AvgIpc) is 2.50. The van der Waals surface area contributed by atoms with Gasteiger partial charge in [0.25, 0.3) is 0 Å². The van der Waals surface area contributed by atoms with E-state index >= 15 is 0 Å². The van der Waals surface area contributed by atoms with E-state index in [1.54, 1.807) is 0 Å². The molecule has 0 unspecified atom stereocenters. The van der Waals surface area contributed by atoms with Gasteiger partial charge in [0.2, 0.25) is 0 Å². The summed E-state index contributed by atoms with van der Waals surface area (Å²) in [5, 5.41) is 1.35. The van der Waals surface area contributed by atoms with Crippen LogP contribution in [0.25, 0.3) is 0 Å². The standard InChI is InChI=1S/C13H18Cl2N2/c1-16-6-3-7-17(9-8-16)10-11-4-2-5-12(14)13(11)15/h2,4-5H,3,6-10H2,1H3. The van der Waals surface area contributed by atoms with Crippen molar-refractivity contribution < 1.29 is 0 Å². The molecule has 94 valence electrons. The Bertz CT molecular complexity index is 382. The molecular formula is C13H18Cl2N2. The molecule has 0 aromatic heterocycles. The molecule has 0 N–H and O–H groups in total. The lowest BCUT2D eigenvalue weighted by atomic mass is 10.2. The Kier molecular flexibility index (Phi) is 4.69. The highest BCUT2D eigenvalue weighted by Gasteiger charge is 2.14. The maximum atomic E-state index is 6.21. The van der Waals surface area contributed by atoms with E-state index in [0.717, 1.165) is 31.7 Å². The van der Waals surface area contributed by atoms with Gasteiger partial charge in [0.15, 0.2) is 0 Å². The summed E-state index contributed by atoms with van der Waals surface area (Å²) in [5.74, 6) is 0. The molecule has 1 aliphatic rings. The second-order valence-corrected chi connectivity index (χ2v) is 5.43. The van der Waals surface area contributed by atoms with Crippen LogP contribution in [0.3, 0.4) is 0 Å². The maximum absolute atomic E-state index is 6.21. The molecule has 2 nitrogen and oxygen atoms in total. The molecule has 2 rings (SSSR count). The number of benzene rings is 1. The largest absolute Gasteiger partial charge is 0.305 e. The van der Waals surface area contributed by atoms with Crippen molar-refractivity contribution in [2.75, 3.05) is 33.2 Å². The summed E-state index contributed by atoms with van der Waals surface area (Å²) < 4.78 is 0. The van der Waals surface area contributed by atoms with Crippen molar-refractivity contribution in [3.63, 3.8) is 0 Å². The van der Waals surface area contributed by atoms with Gasteiger partial charge in [0.1, 0.15) is 0 Å². The van der Waals surface area contributed by atoms with E-state index in [2.05, 4.69) is 22.9 Å². The van der Waals surface area contributed by atoms with Gasteiger partial charge in [0.05, 0.1) is 10.0 Å². The van der Waals surface area contributed by atoms with Gasteiger partial charge in [-0.2, -0.15) is 0 Å². The molecule has 4 heteroatoms. The maximum Gasteiger partial charge on any atom is 0.0637 e. The molecule has 0 bridgehead atoms. The zero-order valence-electron chi connectivity index (χ0n) is 10.1. The second-order valence-electron chi connectivity index (χ2n) is 4.65. The van der Waals surface area contributed by atoms with Crippen LogP contribution in [-0.2, 0) is 6.54 Å². The van der Waals surface area contributed by atoms with Crippen LogP contribution in [0.1, 0.15) is 12.0 Å². The van der Waals surface area contributed by atoms with Crippen molar-refractivity contribution in [2.45, 2.75) is 13.0 Å². The van der Waals surface area contributed by atoms with Crippen LogP contribution in [-0.4, -0.2) is 43.0 Å². The summed E-state index contributed by atoms with van der Waals surface area (Å²) in [6.45, 7) is 5.43.